The normalized spacial score (nSPS) is 19.1. The molecule has 0 saturated carbocycles. The van der Waals surface area contributed by atoms with Gasteiger partial charge in [-0.05, 0) is 47.2 Å². The number of nitrogens with zero attached hydrogens (tertiary/aromatic N) is 1. The average Bonchev–Trinajstić information content (AvgIpc) is 3.44. The van der Waals surface area contributed by atoms with Gasteiger partial charge in [0.15, 0.2) is 12.3 Å². The number of thiophene rings is 2. The lowest BCUT2D eigenvalue weighted by atomic mass is 9.98. The summed E-state index contributed by atoms with van der Waals surface area (Å²) in [4.78, 5) is 8.83. The fraction of sp³-hybridized carbons (Fsp3) is 0.190. The third-order valence-electron chi connectivity index (χ3n) is 5.06. The molecular weight excluding hydrogens is 379 g/mol. The van der Waals surface area contributed by atoms with Crippen molar-refractivity contribution in [2.45, 2.75) is 19.0 Å². The van der Waals surface area contributed by atoms with Crippen molar-refractivity contribution in [3.8, 4) is 11.3 Å². The summed E-state index contributed by atoms with van der Waals surface area (Å²) in [5, 5.41) is 4.34. The van der Waals surface area contributed by atoms with Crippen LogP contribution in [0.15, 0.2) is 63.8 Å². The van der Waals surface area contributed by atoms with Gasteiger partial charge in [0, 0.05) is 22.4 Å². The standard InChI is InChI=1S/C21H17FN2OS2/c22-15-5-3-14(4-6-15)17-12-23-20(25-17)13-24-9-7-18-16(8-11-27-18)21(24)19-2-1-10-26-19/h1-6,8,10-12,21H,7,9,13H2/p+1/t21-/m0/s1. The van der Waals surface area contributed by atoms with E-state index in [-0.39, 0.29) is 5.82 Å². The van der Waals surface area contributed by atoms with Crippen LogP contribution in [-0.2, 0) is 13.0 Å². The number of oxazole rings is 1. The predicted octanol–water partition coefficient (Wildman–Crippen LogP) is 4.33. The van der Waals surface area contributed by atoms with Crippen molar-refractivity contribution >= 4 is 22.7 Å². The molecule has 1 aromatic carbocycles. The SMILES string of the molecule is Fc1ccc(-c2cnc(C[NH+]3CCc4sccc4[C@H]3c3cccs3)o2)cc1. The maximum absolute atomic E-state index is 13.1. The van der Waals surface area contributed by atoms with Crippen LogP contribution in [-0.4, -0.2) is 11.5 Å². The molecule has 27 heavy (non-hydrogen) atoms. The number of quaternary nitrogens is 1. The van der Waals surface area contributed by atoms with E-state index in [0.29, 0.717) is 11.8 Å². The van der Waals surface area contributed by atoms with E-state index in [1.165, 1.54) is 32.4 Å². The van der Waals surface area contributed by atoms with Crippen LogP contribution >= 0.6 is 22.7 Å². The van der Waals surface area contributed by atoms with Crippen LogP contribution in [0.25, 0.3) is 11.3 Å². The van der Waals surface area contributed by atoms with Gasteiger partial charge in [0.1, 0.15) is 11.9 Å². The summed E-state index contributed by atoms with van der Waals surface area (Å²) in [7, 11) is 0. The lowest BCUT2D eigenvalue weighted by molar-refractivity contribution is -0.942. The van der Waals surface area contributed by atoms with Gasteiger partial charge in [0.05, 0.1) is 17.6 Å². The molecule has 3 aromatic heterocycles. The van der Waals surface area contributed by atoms with Gasteiger partial charge in [-0.15, -0.1) is 22.7 Å². The van der Waals surface area contributed by atoms with Crippen molar-refractivity contribution in [3.05, 3.63) is 86.4 Å². The van der Waals surface area contributed by atoms with Crippen LogP contribution < -0.4 is 4.90 Å². The molecule has 2 atom stereocenters. The Morgan fingerprint density at radius 1 is 1.11 bits per heavy atom. The summed E-state index contributed by atoms with van der Waals surface area (Å²) >= 11 is 3.67. The van der Waals surface area contributed by atoms with Crippen molar-refractivity contribution in [1.29, 1.82) is 0 Å². The van der Waals surface area contributed by atoms with Crippen LogP contribution in [0.5, 0.6) is 0 Å². The summed E-state index contributed by atoms with van der Waals surface area (Å²) in [6.07, 6.45) is 2.83. The molecule has 0 saturated heterocycles. The minimum atomic E-state index is -0.249. The molecule has 0 spiro atoms. The zero-order valence-electron chi connectivity index (χ0n) is 14.5. The third kappa shape index (κ3) is 3.25. The van der Waals surface area contributed by atoms with E-state index in [0.717, 1.165) is 31.0 Å². The molecule has 1 aliphatic rings. The Balaban J connectivity index is 1.42. The van der Waals surface area contributed by atoms with Gasteiger partial charge < -0.3 is 9.32 Å². The van der Waals surface area contributed by atoms with Gasteiger partial charge in [-0.25, -0.2) is 9.37 Å². The van der Waals surface area contributed by atoms with Gasteiger partial charge in [0.2, 0.25) is 0 Å². The molecule has 0 bridgehead atoms. The summed E-state index contributed by atoms with van der Waals surface area (Å²) in [5.41, 5.74) is 2.28. The number of fused-ring (bicyclic) bond motifs is 1. The van der Waals surface area contributed by atoms with Crippen molar-refractivity contribution in [1.82, 2.24) is 4.98 Å². The van der Waals surface area contributed by atoms with Gasteiger partial charge in [-0.2, -0.15) is 0 Å². The molecular formula is C21H18FN2OS2+. The molecule has 0 fully saturated rings. The second-order valence-corrected chi connectivity index (χ2v) is 8.69. The van der Waals surface area contributed by atoms with Crippen LogP contribution in [0, 0.1) is 5.82 Å². The van der Waals surface area contributed by atoms with Crippen LogP contribution in [0.3, 0.4) is 0 Å². The quantitative estimate of drug-likeness (QED) is 0.555. The third-order valence-corrected chi connectivity index (χ3v) is 6.99. The van der Waals surface area contributed by atoms with E-state index >= 15 is 0 Å². The molecule has 0 radical (unpaired) electrons. The van der Waals surface area contributed by atoms with Crippen molar-refractivity contribution in [2.24, 2.45) is 0 Å². The minimum Gasteiger partial charge on any atom is -0.435 e. The number of hydrogen-bond acceptors (Lipinski definition) is 4. The Labute approximate surface area is 164 Å². The Hall–Kier alpha value is -2.28. The Bertz CT molecular complexity index is 1040. The van der Waals surface area contributed by atoms with Crippen molar-refractivity contribution < 1.29 is 13.7 Å². The van der Waals surface area contributed by atoms with E-state index in [4.69, 9.17) is 4.42 Å². The topological polar surface area (TPSA) is 30.5 Å². The molecule has 4 heterocycles. The number of aromatic nitrogens is 1. The zero-order valence-corrected chi connectivity index (χ0v) is 16.2. The predicted molar refractivity (Wildman–Crippen MR) is 106 cm³/mol. The van der Waals surface area contributed by atoms with Crippen LogP contribution in [0.4, 0.5) is 4.39 Å². The monoisotopic (exact) mass is 397 g/mol. The highest BCUT2D eigenvalue weighted by atomic mass is 32.1. The molecule has 3 nitrogen and oxygen atoms in total. The first-order valence-corrected chi connectivity index (χ1v) is 10.7. The van der Waals surface area contributed by atoms with Gasteiger partial charge >= 0.3 is 0 Å². The molecule has 0 aliphatic carbocycles. The Kier molecular flexibility index (Phi) is 4.39. The largest absolute Gasteiger partial charge is 0.435 e. The smallest absolute Gasteiger partial charge is 0.250 e. The molecule has 4 aromatic rings. The van der Waals surface area contributed by atoms with Crippen LogP contribution in [0.2, 0.25) is 0 Å². The highest BCUT2D eigenvalue weighted by molar-refractivity contribution is 7.10. The summed E-state index contributed by atoms with van der Waals surface area (Å²) < 4.78 is 19.1. The lowest BCUT2D eigenvalue weighted by Gasteiger charge is -2.31. The molecule has 1 N–H and O–H groups in total. The highest BCUT2D eigenvalue weighted by Crippen LogP contribution is 2.32. The maximum Gasteiger partial charge on any atom is 0.250 e. The average molecular weight is 398 g/mol. The van der Waals surface area contributed by atoms with Crippen LogP contribution in [0.1, 0.15) is 27.3 Å². The summed E-state index contributed by atoms with van der Waals surface area (Å²) in [6.45, 7) is 1.80. The fourth-order valence-electron chi connectivity index (χ4n) is 3.78. The summed E-state index contributed by atoms with van der Waals surface area (Å²) in [6, 6.07) is 13.3. The van der Waals surface area contributed by atoms with Gasteiger partial charge in [-0.3, -0.25) is 0 Å². The first-order chi connectivity index (χ1) is 13.3. The lowest BCUT2D eigenvalue weighted by Crippen LogP contribution is -3.12. The van der Waals surface area contributed by atoms with E-state index < -0.39 is 0 Å². The number of nitrogens with one attached hydrogen (secondary N) is 1. The molecule has 6 heteroatoms. The van der Waals surface area contributed by atoms with E-state index in [1.807, 2.05) is 22.7 Å². The highest BCUT2D eigenvalue weighted by Gasteiger charge is 2.34. The Morgan fingerprint density at radius 3 is 2.81 bits per heavy atom. The van der Waals surface area contributed by atoms with Crippen molar-refractivity contribution in [2.75, 3.05) is 6.54 Å². The Morgan fingerprint density at radius 2 is 2.00 bits per heavy atom. The maximum atomic E-state index is 13.1. The van der Waals surface area contributed by atoms with Gasteiger partial charge in [0.25, 0.3) is 5.89 Å². The molecule has 136 valence electrons. The second kappa shape index (κ2) is 7.03. The second-order valence-electron chi connectivity index (χ2n) is 6.71. The molecule has 0 amide bonds. The number of hydrogen-bond donors (Lipinski definition) is 1. The number of benzene rings is 1. The fourth-order valence-corrected chi connectivity index (χ4v) is 5.61. The molecule has 1 aliphatic heterocycles. The zero-order chi connectivity index (χ0) is 18.2. The number of rotatable bonds is 4. The first kappa shape index (κ1) is 16.9. The first-order valence-electron chi connectivity index (χ1n) is 8.93. The van der Waals surface area contributed by atoms with E-state index in [2.05, 4.69) is 33.9 Å². The van der Waals surface area contributed by atoms with Gasteiger partial charge in [-0.1, -0.05) is 6.07 Å². The summed E-state index contributed by atoms with van der Waals surface area (Å²) in [5.74, 6) is 1.16. The molecule has 1 unspecified atom stereocenters. The number of halogens is 1. The minimum absolute atomic E-state index is 0.249. The molecule has 5 rings (SSSR count). The van der Waals surface area contributed by atoms with E-state index in [1.54, 1.807) is 18.3 Å². The van der Waals surface area contributed by atoms with Crippen molar-refractivity contribution in [3.63, 3.8) is 0 Å². The van der Waals surface area contributed by atoms with E-state index in [9.17, 15) is 4.39 Å².